The second kappa shape index (κ2) is 6.95. The van der Waals surface area contributed by atoms with E-state index in [0.29, 0.717) is 5.41 Å². The molecule has 3 aliphatic rings. The van der Waals surface area contributed by atoms with Gasteiger partial charge in [0.05, 0.1) is 6.04 Å². The van der Waals surface area contributed by atoms with Crippen molar-refractivity contribution in [1.82, 2.24) is 4.90 Å². The molecule has 0 amide bonds. The minimum Gasteiger partial charge on any atom is -0.375 e. The Bertz CT molecular complexity index is 389. The highest BCUT2D eigenvalue weighted by Gasteiger charge is 2.33. The van der Waals surface area contributed by atoms with E-state index in [2.05, 4.69) is 30.6 Å². The van der Waals surface area contributed by atoms with Crippen LogP contribution in [0.1, 0.15) is 78.1 Å². The Labute approximate surface area is 137 Å². The lowest BCUT2D eigenvalue weighted by Gasteiger charge is -2.41. The predicted molar refractivity (Wildman–Crippen MR) is 93.3 cm³/mol. The molecule has 126 valence electrons. The molecule has 22 heavy (non-hydrogen) atoms. The van der Waals surface area contributed by atoms with E-state index in [4.69, 9.17) is 0 Å². The minimum atomic E-state index is 0.493. The van der Waals surface area contributed by atoms with Gasteiger partial charge in [-0.2, -0.15) is 0 Å². The maximum absolute atomic E-state index is 4.38. The maximum Gasteiger partial charge on any atom is 0.0872 e. The molecule has 1 heterocycles. The molecule has 2 unspecified atom stereocenters. The van der Waals surface area contributed by atoms with Crippen LogP contribution in [0.5, 0.6) is 0 Å². The third-order valence-electron chi connectivity index (χ3n) is 6.10. The molecular formula is C20H37N2+. The molecule has 0 bridgehead atoms. The number of hydrogen-bond donors (Lipinski definition) is 1. The predicted octanol–water partition coefficient (Wildman–Crippen LogP) is 3.98. The summed E-state index contributed by atoms with van der Waals surface area (Å²) in [5.74, 6) is 1.79. The van der Waals surface area contributed by atoms with Crippen molar-refractivity contribution in [2.75, 3.05) is 13.1 Å². The van der Waals surface area contributed by atoms with Gasteiger partial charge in [-0.3, -0.25) is 0 Å². The fourth-order valence-corrected chi connectivity index (χ4v) is 4.69. The van der Waals surface area contributed by atoms with Crippen LogP contribution in [-0.4, -0.2) is 24.0 Å². The Balaban J connectivity index is 1.54. The lowest BCUT2D eigenvalue weighted by molar-refractivity contribution is -0.427. The van der Waals surface area contributed by atoms with Gasteiger partial charge >= 0.3 is 0 Å². The average Bonchev–Trinajstić information content (AvgIpc) is 3.31. The first-order valence-electron chi connectivity index (χ1n) is 9.82. The fraction of sp³-hybridized carbons (Fsp3) is 0.900. The van der Waals surface area contributed by atoms with E-state index in [9.17, 15) is 0 Å². The van der Waals surface area contributed by atoms with Crippen LogP contribution in [0.4, 0.5) is 0 Å². The van der Waals surface area contributed by atoms with Gasteiger partial charge in [-0.25, -0.2) is 0 Å². The van der Waals surface area contributed by atoms with Gasteiger partial charge in [0.15, 0.2) is 0 Å². The molecule has 3 N–H and O–H groups in total. The number of nitrogens with zero attached hydrogens (tertiary/aromatic N) is 1. The van der Waals surface area contributed by atoms with Crippen molar-refractivity contribution in [3.63, 3.8) is 0 Å². The molecule has 2 heteroatoms. The number of piperidine rings is 1. The molecule has 2 aliphatic carbocycles. The van der Waals surface area contributed by atoms with E-state index in [1.807, 2.05) is 0 Å². The zero-order chi connectivity index (χ0) is 15.6. The first-order chi connectivity index (χ1) is 10.5. The lowest BCUT2D eigenvalue weighted by atomic mass is 9.72. The second-order valence-corrected chi connectivity index (χ2v) is 9.04. The van der Waals surface area contributed by atoms with Crippen LogP contribution >= 0.6 is 0 Å². The highest BCUT2D eigenvalue weighted by Crippen LogP contribution is 2.42. The largest absolute Gasteiger partial charge is 0.375 e. The molecule has 0 aromatic carbocycles. The molecule has 2 fully saturated rings. The van der Waals surface area contributed by atoms with E-state index >= 15 is 0 Å². The Morgan fingerprint density at radius 1 is 1.23 bits per heavy atom. The zero-order valence-corrected chi connectivity index (χ0v) is 14.9. The number of quaternary nitrogens is 1. The highest BCUT2D eigenvalue weighted by atomic mass is 15.1. The fourth-order valence-electron chi connectivity index (χ4n) is 4.69. The standard InChI is InChI=1S/C20H36N2/c1-20(2)14-16(7-6-8-19(21)17-9-10-17)13-18(15-20)22-11-4-3-5-12-22/h13,16-17,19H,3-12,14-15,21H2,1-2H3/p+1. The summed E-state index contributed by atoms with van der Waals surface area (Å²) < 4.78 is 0. The van der Waals surface area contributed by atoms with Crippen molar-refractivity contribution in [3.8, 4) is 0 Å². The summed E-state index contributed by atoms with van der Waals surface area (Å²) in [7, 11) is 0. The van der Waals surface area contributed by atoms with E-state index < -0.39 is 0 Å². The third-order valence-corrected chi connectivity index (χ3v) is 6.10. The second-order valence-electron chi connectivity index (χ2n) is 9.04. The monoisotopic (exact) mass is 305 g/mol. The van der Waals surface area contributed by atoms with Gasteiger partial charge < -0.3 is 10.6 Å². The molecule has 2 atom stereocenters. The van der Waals surface area contributed by atoms with Crippen LogP contribution < -0.4 is 5.73 Å². The van der Waals surface area contributed by atoms with E-state index in [0.717, 1.165) is 17.9 Å². The van der Waals surface area contributed by atoms with Crippen molar-refractivity contribution in [2.24, 2.45) is 17.3 Å². The summed E-state index contributed by atoms with van der Waals surface area (Å²) in [4.78, 5) is 2.70. The van der Waals surface area contributed by atoms with Gasteiger partial charge in [-0.05, 0) is 75.5 Å². The molecule has 3 rings (SSSR count). The van der Waals surface area contributed by atoms with Crippen molar-refractivity contribution in [3.05, 3.63) is 11.8 Å². The molecule has 0 radical (unpaired) electrons. The molecule has 0 aromatic rings. The first-order valence-corrected chi connectivity index (χ1v) is 9.82. The van der Waals surface area contributed by atoms with Crippen LogP contribution in [0.15, 0.2) is 11.8 Å². The van der Waals surface area contributed by atoms with Crippen molar-refractivity contribution < 1.29 is 5.73 Å². The summed E-state index contributed by atoms with van der Waals surface area (Å²) in [5, 5.41) is 0. The topological polar surface area (TPSA) is 30.9 Å². The van der Waals surface area contributed by atoms with Crippen LogP contribution in [0.25, 0.3) is 0 Å². The molecular weight excluding hydrogens is 268 g/mol. The summed E-state index contributed by atoms with van der Waals surface area (Å²) in [5.41, 5.74) is 6.54. The van der Waals surface area contributed by atoms with Crippen molar-refractivity contribution >= 4 is 0 Å². The SMILES string of the molecule is CC1(C)CC(N2CCCCC2)=CC(CCCC([NH3+])C2CC2)C1. The number of allylic oxidation sites excluding steroid dienone is 2. The van der Waals surface area contributed by atoms with Crippen LogP contribution in [0.2, 0.25) is 0 Å². The van der Waals surface area contributed by atoms with Gasteiger partial charge in [0.2, 0.25) is 0 Å². The van der Waals surface area contributed by atoms with E-state index in [-0.39, 0.29) is 0 Å². The first kappa shape index (κ1) is 16.4. The Morgan fingerprint density at radius 2 is 1.95 bits per heavy atom. The summed E-state index contributed by atoms with van der Waals surface area (Å²) >= 11 is 0. The number of likely N-dealkylation sites (tertiary alicyclic amines) is 1. The number of hydrogen-bond acceptors (Lipinski definition) is 1. The molecule has 1 aliphatic heterocycles. The zero-order valence-electron chi connectivity index (χ0n) is 14.9. The highest BCUT2D eigenvalue weighted by molar-refractivity contribution is 5.12. The third kappa shape index (κ3) is 4.50. The van der Waals surface area contributed by atoms with E-state index in [1.165, 1.54) is 77.3 Å². The van der Waals surface area contributed by atoms with E-state index in [1.54, 1.807) is 5.70 Å². The van der Waals surface area contributed by atoms with Crippen LogP contribution in [0.3, 0.4) is 0 Å². The number of rotatable bonds is 6. The van der Waals surface area contributed by atoms with Crippen molar-refractivity contribution in [1.29, 1.82) is 0 Å². The van der Waals surface area contributed by atoms with Crippen molar-refractivity contribution in [2.45, 2.75) is 84.1 Å². The summed E-state index contributed by atoms with van der Waals surface area (Å²) in [6, 6.07) is 0.738. The minimum absolute atomic E-state index is 0.493. The Kier molecular flexibility index (Phi) is 5.17. The maximum atomic E-state index is 4.38. The molecule has 0 spiro atoms. The normalized spacial score (nSPS) is 30.0. The molecule has 2 nitrogen and oxygen atoms in total. The lowest BCUT2D eigenvalue weighted by Crippen LogP contribution is -2.62. The van der Waals surface area contributed by atoms with Gasteiger partial charge in [-0.1, -0.05) is 19.9 Å². The Hall–Kier alpha value is -0.500. The molecule has 1 saturated heterocycles. The van der Waals surface area contributed by atoms with Crippen LogP contribution in [-0.2, 0) is 0 Å². The smallest absolute Gasteiger partial charge is 0.0872 e. The van der Waals surface area contributed by atoms with Crippen LogP contribution in [0, 0.1) is 17.3 Å². The van der Waals surface area contributed by atoms with Gasteiger partial charge in [0, 0.05) is 24.7 Å². The average molecular weight is 306 g/mol. The molecule has 0 aromatic heterocycles. The molecule has 1 saturated carbocycles. The summed E-state index contributed by atoms with van der Waals surface area (Å²) in [6.07, 6.45) is 16.6. The van der Waals surface area contributed by atoms with Gasteiger partial charge in [0.25, 0.3) is 0 Å². The van der Waals surface area contributed by atoms with Gasteiger partial charge in [0.1, 0.15) is 0 Å². The van der Waals surface area contributed by atoms with Gasteiger partial charge in [-0.15, -0.1) is 0 Å². The Morgan fingerprint density at radius 3 is 2.64 bits per heavy atom. The summed E-state index contributed by atoms with van der Waals surface area (Å²) in [6.45, 7) is 7.56. The quantitative estimate of drug-likeness (QED) is 0.790.